The van der Waals surface area contributed by atoms with Crippen molar-refractivity contribution >= 4 is 14.1 Å². The largest absolute Gasteiger partial charge is 0.349 e. The second-order valence-electron chi connectivity index (χ2n) is 2.25. The number of hydrogen-bond acceptors (Lipinski definition) is 2. The Kier molecular flexibility index (Phi) is 2.62. The van der Waals surface area contributed by atoms with Crippen LogP contribution >= 0.6 is 0 Å². The molecular formula is C7H12N2Si. The van der Waals surface area contributed by atoms with Crippen molar-refractivity contribution in [2.24, 2.45) is 11.1 Å². The number of hydrogen-bond donors (Lipinski definition) is 2. The minimum Gasteiger partial charge on any atom is -0.349 e. The molecule has 1 atom stereocenters. The van der Waals surface area contributed by atoms with Gasteiger partial charge in [0.2, 0.25) is 0 Å². The van der Waals surface area contributed by atoms with E-state index < -0.39 is 8.96 Å². The highest BCUT2D eigenvalue weighted by Crippen LogP contribution is 1.82. The predicted molar refractivity (Wildman–Crippen MR) is 46.5 cm³/mol. The molecule has 1 aromatic carbocycles. The molecule has 1 rings (SSSR count). The standard InChI is InChI=1S/C7H12N2Si/c8-6-10(9)7-4-2-1-3-5-7/h1-5,10H,6,8-9H2. The van der Waals surface area contributed by atoms with Crippen LogP contribution in [0.25, 0.3) is 0 Å². The molecule has 0 aliphatic heterocycles. The molecule has 0 aliphatic rings. The van der Waals surface area contributed by atoms with Crippen LogP contribution in [0.2, 0.25) is 0 Å². The van der Waals surface area contributed by atoms with Crippen LogP contribution in [0, 0.1) is 0 Å². The zero-order valence-electron chi connectivity index (χ0n) is 5.83. The van der Waals surface area contributed by atoms with Crippen molar-refractivity contribution in [1.29, 1.82) is 0 Å². The first-order valence-electron chi connectivity index (χ1n) is 3.35. The van der Waals surface area contributed by atoms with Crippen LogP contribution in [0.5, 0.6) is 0 Å². The lowest BCUT2D eigenvalue weighted by atomic mass is 10.4. The molecule has 0 heterocycles. The van der Waals surface area contributed by atoms with Crippen molar-refractivity contribution < 1.29 is 0 Å². The van der Waals surface area contributed by atoms with Gasteiger partial charge in [-0.25, -0.2) is 0 Å². The Bertz CT molecular complexity index is 188. The van der Waals surface area contributed by atoms with Crippen molar-refractivity contribution in [3.8, 4) is 0 Å². The summed E-state index contributed by atoms with van der Waals surface area (Å²) < 4.78 is 0. The fraction of sp³-hybridized carbons (Fsp3) is 0.143. The van der Waals surface area contributed by atoms with Crippen molar-refractivity contribution in [1.82, 2.24) is 0 Å². The highest BCUT2D eigenvalue weighted by molar-refractivity contribution is 6.70. The molecule has 0 aliphatic carbocycles. The lowest BCUT2D eigenvalue weighted by molar-refractivity contribution is 1.33. The minimum absolute atomic E-state index is 0.643. The van der Waals surface area contributed by atoms with Gasteiger partial charge < -0.3 is 11.1 Å². The van der Waals surface area contributed by atoms with Gasteiger partial charge in [0, 0.05) is 6.17 Å². The summed E-state index contributed by atoms with van der Waals surface area (Å²) in [5.74, 6) is 0. The fourth-order valence-corrected chi connectivity index (χ4v) is 1.83. The van der Waals surface area contributed by atoms with Crippen molar-refractivity contribution in [3.63, 3.8) is 0 Å². The molecule has 0 aromatic heterocycles. The molecule has 0 fully saturated rings. The zero-order valence-corrected chi connectivity index (χ0v) is 6.98. The van der Waals surface area contributed by atoms with Gasteiger partial charge in [-0.15, -0.1) is 0 Å². The van der Waals surface area contributed by atoms with Crippen LogP contribution in [0.15, 0.2) is 30.3 Å². The molecule has 10 heavy (non-hydrogen) atoms. The summed E-state index contributed by atoms with van der Waals surface area (Å²) in [5.41, 5.74) is 5.44. The number of benzene rings is 1. The molecule has 2 nitrogen and oxygen atoms in total. The summed E-state index contributed by atoms with van der Waals surface area (Å²) in [4.78, 5) is 0. The Morgan fingerprint density at radius 1 is 1.20 bits per heavy atom. The maximum absolute atomic E-state index is 5.81. The second-order valence-corrected chi connectivity index (χ2v) is 4.60. The molecule has 0 amide bonds. The molecule has 0 spiro atoms. The van der Waals surface area contributed by atoms with Crippen LogP contribution in [-0.2, 0) is 0 Å². The molecule has 3 heteroatoms. The highest BCUT2D eigenvalue weighted by Gasteiger charge is 2.02. The summed E-state index contributed by atoms with van der Waals surface area (Å²) in [7, 11) is -1.26. The maximum Gasteiger partial charge on any atom is 0.152 e. The quantitative estimate of drug-likeness (QED) is 0.538. The van der Waals surface area contributed by atoms with Gasteiger partial charge in [-0.2, -0.15) is 0 Å². The van der Waals surface area contributed by atoms with Crippen LogP contribution in [0.3, 0.4) is 0 Å². The van der Waals surface area contributed by atoms with Crippen molar-refractivity contribution in [3.05, 3.63) is 30.3 Å². The molecule has 4 N–H and O–H groups in total. The van der Waals surface area contributed by atoms with E-state index in [0.29, 0.717) is 6.17 Å². The number of rotatable bonds is 2. The van der Waals surface area contributed by atoms with E-state index in [9.17, 15) is 0 Å². The molecule has 0 saturated carbocycles. The molecular weight excluding hydrogens is 140 g/mol. The average molecular weight is 152 g/mol. The van der Waals surface area contributed by atoms with E-state index in [1.165, 1.54) is 5.19 Å². The average Bonchev–Trinajstić information content (AvgIpc) is 2.05. The summed E-state index contributed by atoms with van der Waals surface area (Å²) in [5, 5.41) is 7.05. The van der Waals surface area contributed by atoms with E-state index in [1.54, 1.807) is 0 Å². The highest BCUT2D eigenvalue weighted by atomic mass is 28.3. The first-order valence-corrected chi connectivity index (χ1v) is 5.41. The van der Waals surface area contributed by atoms with Gasteiger partial charge in [0.05, 0.1) is 0 Å². The van der Waals surface area contributed by atoms with Gasteiger partial charge in [-0.3, -0.25) is 0 Å². The fourth-order valence-electron chi connectivity index (χ4n) is 0.836. The molecule has 1 unspecified atom stereocenters. The Morgan fingerprint density at radius 3 is 2.30 bits per heavy atom. The maximum atomic E-state index is 5.81. The molecule has 1 aromatic rings. The third-order valence-corrected chi connectivity index (χ3v) is 3.23. The van der Waals surface area contributed by atoms with E-state index in [4.69, 9.17) is 11.1 Å². The summed E-state index contributed by atoms with van der Waals surface area (Å²) >= 11 is 0. The van der Waals surface area contributed by atoms with Gasteiger partial charge in [-0.1, -0.05) is 30.3 Å². The van der Waals surface area contributed by atoms with Crippen LogP contribution in [0.1, 0.15) is 0 Å². The van der Waals surface area contributed by atoms with Gasteiger partial charge in [0.1, 0.15) is 0 Å². The van der Waals surface area contributed by atoms with Gasteiger partial charge in [0.15, 0.2) is 8.96 Å². The third kappa shape index (κ3) is 1.67. The number of nitrogens with two attached hydrogens (primary N) is 2. The normalized spacial score (nSPS) is 13.0. The van der Waals surface area contributed by atoms with Crippen molar-refractivity contribution in [2.45, 2.75) is 0 Å². The summed E-state index contributed by atoms with van der Waals surface area (Å²) in [6.45, 7) is 0. The molecule has 0 bridgehead atoms. The van der Waals surface area contributed by atoms with Crippen LogP contribution < -0.4 is 16.3 Å². The summed E-state index contributed by atoms with van der Waals surface area (Å²) in [6, 6.07) is 10.1. The minimum atomic E-state index is -1.26. The smallest absolute Gasteiger partial charge is 0.152 e. The van der Waals surface area contributed by atoms with E-state index in [-0.39, 0.29) is 0 Å². The predicted octanol–water partition coefficient (Wildman–Crippen LogP) is -0.926. The Labute approximate surface area is 62.5 Å². The van der Waals surface area contributed by atoms with E-state index >= 15 is 0 Å². The zero-order chi connectivity index (χ0) is 7.40. The topological polar surface area (TPSA) is 52.0 Å². The van der Waals surface area contributed by atoms with Crippen LogP contribution in [0.4, 0.5) is 0 Å². The van der Waals surface area contributed by atoms with E-state index in [0.717, 1.165) is 0 Å². The SMILES string of the molecule is NC[SiH](N)c1ccccc1. The second kappa shape index (κ2) is 3.51. The van der Waals surface area contributed by atoms with E-state index in [1.807, 2.05) is 30.3 Å². The Hall–Kier alpha value is -0.643. The third-order valence-electron chi connectivity index (χ3n) is 1.48. The van der Waals surface area contributed by atoms with Gasteiger partial charge >= 0.3 is 0 Å². The van der Waals surface area contributed by atoms with Gasteiger partial charge in [0.25, 0.3) is 0 Å². The Morgan fingerprint density at radius 2 is 1.80 bits per heavy atom. The van der Waals surface area contributed by atoms with Crippen LogP contribution in [-0.4, -0.2) is 15.1 Å². The van der Waals surface area contributed by atoms with Gasteiger partial charge in [-0.05, 0) is 5.19 Å². The first-order chi connectivity index (χ1) is 4.84. The molecule has 54 valence electrons. The monoisotopic (exact) mass is 152 g/mol. The lowest BCUT2D eigenvalue weighted by Crippen LogP contribution is -2.46. The van der Waals surface area contributed by atoms with Crippen molar-refractivity contribution in [2.75, 3.05) is 6.17 Å². The first kappa shape index (κ1) is 7.46. The molecule has 0 saturated heterocycles. The van der Waals surface area contributed by atoms with E-state index in [2.05, 4.69) is 0 Å². The lowest BCUT2D eigenvalue weighted by Gasteiger charge is -2.04. The molecule has 0 radical (unpaired) electrons. The Balaban J connectivity index is 2.75. The summed E-state index contributed by atoms with van der Waals surface area (Å²) in [6.07, 6.45) is 0.643.